The lowest BCUT2D eigenvalue weighted by atomic mass is 10.1. The molecule has 1 aromatic carbocycles. The Morgan fingerprint density at radius 1 is 1.36 bits per heavy atom. The number of carbonyl (C=O) groups is 1. The van der Waals surface area contributed by atoms with E-state index in [-0.39, 0.29) is 24.4 Å². The molecule has 1 amide bonds. The van der Waals surface area contributed by atoms with Crippen molar-refractivity contribution in [1.82, 2.24) is 0 Å². The summed E-state index contributed by atoms with van der Waals surface area (Å²) in [6.07, 6.45) is -5.03. The molecule has 1 fully saturated rings. The smallest absolute Gasteiger partial charge is 0.420 e. The summed E-state index contributed by atoms with van der Waals surface area (Å²) in [7, 11) is 2.34. The minimum atomic E-state index is -4.66. The number of hydrogen-bond acceptors (Lipinski definition) is 4. The Kier molecular flexibility index (Phi) is 4.31. The van der Waals surface area contributed by atoms with Crippen molar-refractivity contribution in [2.75, 3.05) is 18.6 Å². The van der Waals surface area contributed by atoms with Crippen LogP contribution in [0.15, 0.2) is 18.2 Å². The van der Waals surface area contributed by atoms with Gasteiger partial charge in [0, 0.05) is 29.3 Å². The maximum atomic E-state index is 13.0. The third-order valence-electron chi connectivity index (χ3n) is 3.29. The van der Waals surface area contributed by atoms with E-state index in [1.807, 2.05) is 0 Å². The van der Waals surface area contributed by atoms with Crippen LogP contribution >= 0.6 is 10.7 Å². The van der Waals surface area contributed by atoms with E-state index in [4.69, 9.17) is 10.7 Å². The third kappa shape index (κ3) is 3.30. The van der Waals surface area contributed by atoms with Gasteiger partial charge in [0.1, 0.15) is 11.0 Å². The molecule has 122 valence electrons. The first-order chi connectivity index (χ1) is 10.0. The van der Waals surface area contributed by atoms with Crippen LogP contribution in [0.1, 0.15) is 12.0 Å². The van der Waals surface area contributed by atoms with E-state index in [9.17, 15) is 26.4 Å². The molecule has 0 spiro atoms. The van der Waals surface area contributed by atoms with Crippen LogP contribution in [-0.2, 0) is 20.0 Å². The molecule has 1 atom stereocenters. The summed E-state index contributed by atoms with van der Waals surface area (Å²) in [5, 5.41) is -1.14. The van der Waals surface area contributed by atoms with Crippen LogP contribution in [0.25, 0.3) is 0 Å². The molecule has 0 aliphatic carbocycles. The fourth-order valence-corrected chi connectivity index (χ4v) is 3.23. The molecule has 0 N–H and O–H groups in total. The van der Waals surface area contributed by atoms with Crippen LogP contribution in [0.5, 0.6) is 5.75 Å². The van der Waals surface area contributed by atoms with Crippen LogP contribution in [0.3, 0.4) is 0 Å². The van der Waals surface area contributed by atoms with Crippen molar-refractivity contribution in [1.29, 1.82) is 0 Å². The van der Waals surface area contributed by atoms with E-state index in [0.717, 1.165) is 24.1 Å². The van der Waals surface area contributed by atoms with Gasteiger partial charge in [-0.2, -0.15) is 13.2 Å². The molecule has 10 heteroatoms. The Bertz CT molecular complexity index is 705. The number of benzene rings is 1. The molecule has 5 nitrogen and oxygen atoms in total. The fraction of sp³-hybridized carbons (Fsp3) is 0.417. The highest BCUT2D eigenvalue weighted by Crippen LogP contribution is 2.39. The van der Waals surface area contributed by atoms with Crippen molar-refractivity contribution < 1.29 is 31.1 Å². The van der Waals surface area contributed by atoms with E-state index in [1.165, 1.54) is 6.07 Å². The van der Waals surface area contributed by atoms with E-state index < -0.39 is 31.9 Å². The lowest BCUT2D eigenvalue weighted by molar-refractivity contribution is -0.138. The van der Waals surface area contributed by atoms with Gasteiger partial charge in [0.2, 0.25) is 15.0 Å². The molecule has 0 aromatic heterocycles. The summed E-state index contributed by atoms with van der Waals surface area (Å²) in [5.74, 6) is -0.989. The molecule has 1 aromatic rings. The van der Waals surface area contributed by atoms with Gasteiger partial charge in [0.15, 0.2) is 0 Å². The van der Waals surface area contributed by atoms with Crippen LogP contribution in [0.4, 0.5) is 18.9 Å². The molecule has 2 rings (SSSR count). The first-order valence-electron chi connectivity index (χ1n) is 6.03. The SMILES string of the molecule is COc1ccc(N2CC(S(=O)(=O)Cl)CC2=O)cc1C(F)(F)F. The van der Waals surface area contributed by atoms with E-state index in [0.29, 0.717) is 0 Å². The maximum absolute atomic E-state index is 13.0. The average molecular weight is 358 g/mol. The van der Waals surface area contributed by atoms with Crippen molar-refractivity contribution in [3.63, 3.8) is 0 Å². The molecule has 1 saturated heterocycles. The van der Waals surface area contributed by atoms with Crippen molar-refractivity contribution in [3.8, 4) is 5.75 Å². The fourth-order valence-electron chi connectivity index (χ4n) is 2.20. The van der Waals surface area contributed by atoms with Crippen LogP contribution in [0.2, 0.25) is 0 Å². The van der Waals surface area contributed by atoms with Crippen LogP contribution in [-0.4, -0.2) is 33.2 Å². The van der Waals surface area contributed by atoms with Crippen molar-refractivity contribution in [3.05, 3.63) is 23.8 Å². The summed E-state index contributed by atoms with van der Waals surface area (Å²) in [6, 6.07) is 3.09. The Hall–Kier alpha value is -1.48. The molecule has 0 radical (unpaired) electrons. The highest BCUT2D eigenvalue weighted by molar-refractivity contribution is 8.14. The standard InChI is InChI=1S/C12H11ClF3NO4S/c1-21-10-3-2-7(4-9(10)12(14,15)16)17-6-8(5-11(17)18)22(13,19)20/h2-4,8H,5-6H2,1H3. The summed E-state index contributed by atoms with van der Waals surface area (Å²) < 4.78 is 66.1. The van der Waals surface area contributed by atoms with Crippen molar-refractivity contribution in [2.24, 2.45) is 0 Å². The number of amides is 1. The zero-order valence-electron chi connectivity index (χ0n) is 11.2. The number of halogens is 4. The first-order valence-corrected chi connectivity index (χ1v) is 8.40. The molecule has 1 aliphatic heterocycles. The highest BCUT2D eigenvalue weighted by atomic mass is 35.7. The monoisotopic (exact) mass is 357 g/mol. The summed E-state index contributed by atoms with van der Waals surface area (Å²) in [4.78, 5) is 12.8. The summed E-state index contributed by atoms with van der Waals surface area (Å²) >= 11 is 0. The van der Waals surface area contributed by atoms with Gasteiger partial charge in [0.25, 0.3) is 0 Å². The Balaban J connectivity index is 2.40. The van der Waals surface area contributed by atoms with Gasteiger partial charge < -0.3 is 9.64 Å². The number of anilines is 1. The molecule has 0 saturated carbocycles. The van der Waals surface area contributed by atoms with Crippen LogP contribution < -0.4 is 9.64 Å². The lowest BCUT2D eigenvalue weighted by Gasteiger charge is -2.19. The average Bonchev–Trinajstić information content (AvgIpc) is 2.79. The molecule has 1 heterocycles. The summed E-state index contributed by atoms with van der Waals surface area (Å²) in [5.41, 5.74) is -1.10. The molecule has 22 heavy (non-hydrogen) atoms. The molecule has 1 aliphatic rings. The topological polar surface area (TPSA) is 63.7 Å². The van der Waals surface area contributed by atoms with E-state index in [1.54, 1.807) is 0 Å². The molecular weight excluding hydrogens is 347 g/mol. The number of alkyl halides is 3. The Morgan fingerprint density at radius 2 is 2.00 bits per heavy atom. The number of rotatable bonds is 3. The van der Waals surface area contributed by atoms with E-state index in [2.05, 4.69) is 4.74 Å². The van der Waals surface area contributed by atoms with Gasteiger partial charge in [-0.3, -0.25) is 4.79 Å². The Morgan fingerprint density at radius 3 is 2.45 bits per heavy atom. The largest absolute Gasteiger partial charge is 0.496 e. The number of carbonyl (C=O) groups excluding carboxylic acids is 1. The maximum Gasteiger partial charge on any atom is 0.420 e. The minimum absolute atomic E-state index is 0.0547. The van der Waals surface area contributed by atoms with Gasteiger partial charge in [-0.05, 0) is 18.2 Å². The molecule has 0 bridgehead atoms. The van der Waals surface area contributed by atoms with Gasteiger partial charge in [-0.1, -0.05) is 0 Å². The predicted molar refractivity (Wildman–Crippen MR) is 73.5 cm³/mol. The second-order valence-electron chi connectivity index (χ2n) is 4.69. The Labute approximate surface area is 129 Å². The minimum Gasteiger partial charge on any atom is -0.496 e. The first kappa shape index (κ1) is 16.9. The van der Waals surface area contributed by atoms with E-state index >= 15 is 0 Å². The predicted octanol–water partition coefficient (Wildman–Crippen LogP) is 2.39. The second-order valence-corrected chi connectivity index (χ2v) is 7.60. The molecular formula is C12H11ClF3NO4S. The van der Waals surface area contributed by atoms with Crippen molar-refractivity contribution in [2.45, 2.75) is 17.8 Å². The van der Waals surface area contributed by atoms with Gasteiger partial charge >= 0.3 is 6.18 Å². The number of hydrogen-bond donors (Lipinski definition) is 0. The van der Waals surface area contributed by atoms with Gasteiger partial charge in [-0.15, -0.1) is 0 Å². The third-order valence-corrected chi connectivity index (χ3v) is 5.16. The lowest BCUT2D eigenvalue weighted by Crippen LogP contribution is -2.27. The number of nitrogens with zero attached hydrogens (tertiary/aromatic N) is 1. The summed E-state index contributed by atoms with van der Waals surface area (Å²) in [6.45, 7) is -0.283. The van der Waals surface area contributed by atoms with Crippen LogP contribution in [0, 0.1) is 0 Å². The quantitative estimate of drug-likeness (QED) is 0.779. The zero-order chi connectivity index (χ0) is 16.7. The van der Waals surface area contributed by atoms with Gasteiger partial charge in [0.05, 0.1) is 12.7 Å². The number of ether oxygens (including phenoxy) is 1. The van der Waals surface area contributed by atoms with Crippen molar-refractivity contribution >= 4 is 31.3 Å². The normalized spacial score (nSPS) is 19.6. The second kappa shape index (κ2) is 5.62. The van der Waals surface area contributed by atoms with Gasteiger partial charge in [-0.25, -0.2) is 8.42 Å². The molecule has 1 unspecified atom stereocenters. The zero-order valence-corrected chi connectivity index (χ0v) is 12.8. The highest BCUT2D eigenvalue weighted by Gasteiger charge is 2.40. The number of methoxy groups -OCH3 is 1.